The summed E-state index contributed by atoms with van der Waals surface area (Å²) in [5.41, 5.74) is 0.610. The second-order valence-corrected chi connectivity index (χ2v) is 8.51. The largest absolute Gasteiger partial charge is 0.336 e. The molecule has 1 N–H and O–H groups in total. The van der Waals surface area contributed by atoms with E-state index in [0.717, 1.165) is 0 Å². The Hall–Kier alpha value is -2.74. The molecule has 0 bridgehead atoms. The number of likely N-dealkylation sites (tertiary alicyclic amines) is 1. The Morgan fingerprint density at radius 2 is 1.96 bits per heavy atom. The SMILES string of the molecule is O=C(c1n[nH]c2cc(F)ccc12)N1CCC(S(=O)(=O)c2ccccc2)C1. The first-order chi connectivity index (χ1) is 12.5. The minimum atomic E-state index is -3.49. The molecule has 1 fully saturated rings. The van der Waals surface area contributed by atoms with Crippen molar-refractivity contribution in [1.29, 1.82) is 0 Å². The van der Waals surface area contributed by atoms with Gasteiger partial charge in [-0.1, -0.05) is 18.2 Å². The number of amides is 1. The molecule has 1 amide bonds. The molecule has 134 valence electrons. The van der Waals surface area contributed by atoms with Crippen LogP contribution >= 0.6 is 0 Å². The Morgan fingerprint density at radius 1 is 1.19 bits per heavy atom. The van der Waals surface area contributed by atoms with E-state index in [4.69, 9.17) is 0 Å². The van der Waals surface area contributed by atoms with Crippen LogP contribution in [0.3, 0.4) is 0 Å². The van der Waals surface area contributed by atoms with Gasteiger partial charge in [-0.05, 0) is 36.8 Å². The van der Waals surface area contributed by atoms with E-state index in [0.29, 0.717) is 23.9 Å². The number of hydrogen-bond donors (Lipinski definition) is 1. The van der Waals surface area contributed by atoms with Crippen LogP contribution in [-0.4, -0.2) is 47.8 Å². The van der Waals surface area contributed by atoms with E-state index in [-0.39, 0.29) is 23.0 Å². The van der Waals surface area contributed by atoms with Gasteiger partial charge in [-0.15, -0.1) is 0 Å². The molecule has 1 aliphatic rings. The number of benzene rings is 2. The number of carbonyl (C=O) groups excluding carboxylic acids is 1. The quantitative estimate of drug-likeness (QED) is 0.764. The third-order valence-corrected chi connectivity index (χ3v) is 6.86. The van der Waals surface area contributed by atoms with Crippen molar-refractivity contribution in [3.63, 3.8) is 0 Å². The van der Waals surface area contributed by atoms with Crippen LogP contribution in [0.4, 0.5) is 4.39 Å². The van der Waals surface area contributed by atoms with Crippen molar-refractivity contribution in [2.45, 2.75) is 16.6 Å². The second-order valence-electron chi connectivity index (χ2n) is 6.28. The molecular formula is C18H16FN3O3S. The van der Waals surface area contributed by atoms with Gasteiger partial charge < -0.3 is 4.90 Å². The van der Waals surface area contributed by atoms with Crippen LogP contribution in [0, 0.1) is 5.82 Å². The smallest absolute Gasteiger partial charge is 0.275 e. The molecule has 8 heteroatoms. The predicted molar refractivity (Wildman–Crippen MR) is 94.0 cm³/mol. The van der Waals surface area contributed by atoms with Crippen LogP contribution in [0.5, 0.6) is 0 Å². The number of halogens is 1. The molecule has 0 saturated carbocycles. The number of H-pyrrole nitrogens is 1. The fourth-order valence-electron chi connectivity index (χ4n) is 3.27. The molecule has 1 unspecified atom stereocenters. The molecule has 0 radical (unpaired) electrons. The molecule has 6 nitrogen and oxygen atoms in total. The average molecular weight is 373 g/mol. The van der Waals surface area contributed by atoms with Crippen molar-refractivity contribution in [1.82, 2.24) is 15.1 Å². The lowest BCUT2D eigenvalue weighted by molar-refractivity contribution is 0.0789. The summed E-state index contributed by atoms with van der Waals surface area (Å²) in [5, 5.41) is 6.52. The van der Waals surface area contributed by atoms with Gasteiger partial charge in [0.25, 0.3) is 5.91 Å². The lowest BCUT2D eigenvalue weighted by Crippen LogP contribution is -2.32. The van der Waals surface area contributed by atoms with E-state index in [1.54, 1.807) is 30.3 Å². The first kappa shape index (κ1) is 16.7. The molecule has 2 aromatic carbocycles. The summed E-state index contributed by atoms with van der Waals surface area (Å²) in [5.74, 6) is -0.774. The summed E-state index contributed by atoms with van der Waals surface area (Å²) in [6.07, 6.45) is 0.375. The van der Waals surface area contributed by atoms with E-state index in [1.165, 1.54) is 23.1 Å². The van der Waals surface area contributed by atoms with Gasteiger partial charge >= 0.3 is 0 Å². The van der Waals surface area contributed by atoms with Crippen molar-refractivity contribution in [3.8, 4) is 0 Å². The van der Waals surface area contributed by atoms with E-state index >= 15 is 0 Å². The summed E-state index contributed by atoms with van der Waals surface area (Å²) in [7, 11) is -3.49. The minimum Gasteiger partial charge on any atom is -0.336 e. The van der Waals surface area contributed by atoms with Crippen LogP contribution in [0.15, 0.2) is 53.4 Å². The molecule has 1 aliphatic heterocycles. The number of aromatic amines is 1. The number of sulfone groups is 1. The molecule has 26 heavy (non-hydrogen) atoms. The molecule has 0 aliphatic carbocycles. The first-order valence-electron chi connectivity index (χ1n) is 8.18. The number of hydrogen-bond acceptors (Lipinski definition) is 4. The van der Waals surface area contributed by atoms with E-state index in [1.807, 2.05) is 0 Å². The molecule has 1 aromatic heterocycles. The van der Waals surface area contributed by atoms with Crippen LogP contribution in [-0.2, 0) is 9.84 Å². The topological polar surface area (TPSA) is 83.1 Å². The molecule has 3 aromatic rings. The Kier molecular flexibility index (Phi) is 3.99. The summed E-state index contributed by atoms with van der Waals surface area (Å²) in [6, 6.07) is 12.3. The first-order valence-corrected chi connectivity index (χ1v) is 9.73. The number of rotatable bonds is 3. The minimum absolute atomic E-state index is 0.117. The van der Waals surface area contributed by atoms with Crippen molar-refractivity contribution in [3.05, 3.63) is 60.0 Å². The number of nitrogens with zero attached hydrogens (tertiary/aromatic N) is 2. The third-order valence-electron chi connectivity index (χ3n) is 4.67. The van der Waals surface area contributed by atoms with Gasteiger partial charge in [-0.2, -0.15) is 5.10 Å². The van der Waals surface area contributed by atoms with Crippen LogP contribution in [0.1, 0.15) is 16.9 Å². The summed E-state index contributed by atoms with van der Waals surface area (Å²) >= 11 is 0. The molecule has 1 atom stereocenters. The van der Waals surface area contributed by atoms with Crippen LogP contribution in [0.25, 0.3) is 10.9 Å². The van der Waals surface area contributed by atoms with Crippen molar-refractivity contribution in [2.75, 3.05) is 13.1 Å². The maximum Gasteiger partial charge on any atom is 0.275 e. The highest BCUT2D eigenvalue weighted by atomic mass is 32.2. The highest BCUT2D eigenvalue weighted by molar-refractivity contribution is 7.92. The Labute approximate surface area is 149 Å². The number of aromatic nitrogens is 2. The lowest BCUT2D eigenvalue weighted by Gasteiger charge is -2.16. The summed E-state index contributed by atoms with van der Waals surface area (Å²) < 4.78 is 38.8. The predicted octanol–water partition coefficient (Wildman–Crippen LogP) is 2.39. The van der Waals surface area contributed by atoms with E-state index in [2.05, 4.69) is 10.2 Å². The molecule has 2 heterocycles. The maximum absolute atomic E-state index is 13.3. The van der Waals surface area contributed by atoms with Crippen LogP contribution in [0.2, 0.25) is 0 Å². The van der Waals surface area contributed by atoms with Gasteiger partial charge in [0.05, 0.1) is 15.7 Å². The van der Waals surface area contributed by atoms with Gasteiger partial charge in [0, 0.05) is 18.5 Å². The van der Waals surface area contributed by atoms with Crippen molar-refractivity contribution in [2.24, 2.45) is 0 Å². The Morgan fingerprint density at radius 3 is 2.73 bits per heavy atom. The third kappa shape index (κ3) is 2.76. The van der Waals surface area contributed by atoms with Crippen molar-refractivity contribution < 1.29 is 17.6 Å². The number of carbonyl (C=O) groups is 1. The monoisotopic (exact) mass is 373 g/mol. The van der Waals surface area contributed by atoms with Gasteiger partial charge in [0.2, 0.25) is 0 Å². The standard InChI is InChI=1S/C18H16FN3O3S/c19-12-6-7-15-16(10-12)20-21-17(15)18(23)22-9-8-14(11-22)26(24,25)13-4-2-1-3-5-13/h1-7,10,14H,8-9,11H2,(H,20,21). The zero-order chi connectivity index (χ0) is 18.3. The van der Waals surface area contributed by atoms with E-state index < -0.39 is 20.9 Å². The van der Waals surface area contributed by atoms with Crippen molar-refractivity contribution >= 4 is 26.6 Å². The second kappa shape index (κ2) is 6.21. The highest BCUT2D eigenvalue weighted by Crippen LogP contribution is 2.26. The zero-order valence-electron chi connectivity index (χ0n) is 13.7. The van der Waals surface area contributed by atoms with Gasteiger partial charge in [-0.3, -0.25) is 9.89 Å². The summed E-state index contributed by atoms with van der Waals surface area (Å²) in [6.45, 7) is 0.455. The van der Waals surface area contributed by atoms with Gasteiger partial charge in [0.15, 0.2) is 15.5 Å². The zero-order valence-corrected chi connectivity index (χ0v) is 14.5. The number of nitrogens with one attached hydrogen (secondary N) is 1. The fraction of sp³-hybridized carbons (Fsp3) is 0.222. The summed E-state index contributed by atoms with van der Waals surface area (Å²) in [4.78, 5) is 14.5. The average Bonchev–Trinajstić information content (AvgIpc) is 3.29. The van der Waals surface area contributed by atoms with Crippen LogP contribution < -0.4 is 0 Å². The van der Waals surface area contributed by atoms with Gasteiger partial charge in [-0.25, -0.2) is 12.8 Å². The molecule has 0 spiro atoms. The normalized spacial score (nSPS) is 17.7. The molecular weight excluding hydrogens is 357 g/mol. The van der Waals surface area contributed by atoms with E-state index in [9.17, 15) is 17.6 Å². The number of fused-ring (bicyclic) bond motifs is 1. The lowest BCUT2D eigenvalue weighted by atomic mass is 10.2. The maximum atomic E-state index is 13.3. The highest BCUT2D eigenvalue weighted by Gasteiger charge is 2.37. The Balaban J connectivity index is 1.58. The molecule has 1 saturated heterocycles. The molecule has 4 rings (SSSR count). The Bertz CT molecular complexity index is 1080. The fourth-order valence-corrected chi connectivity index (χ4v) is 4.99. The van der Waals surface area contributed by atoms with Gasteiger partial charge in [0.1, 0.15) is 5.82 Å².